The first kappa shape index (κ1) is 18.4. The molecule has 0 atom stereocenters. The molecule has 128 valence electrons. The van der Waals surface area contributed by atoms with Gasteiger partial charge in [0, 0.05) is 6.54 Å². The maximum atomic E-state index is 12.3. The van der Waals surface area contributed by atoms with Crippen molar-refractivity contribution in [2.75, 3.05) is 6.54 Å². The summed E-state index contributed by atoms with van der Waals surface area (Å²) in [5.41, 5.74) is 2.10. The van der Waals surface area contributed by atoms with Crippen molar-refractivity contribution in [2.24, 2.45) is 0 Å². The highest BCUT2D eigenvalue weighted by Crippen LogP contribution is 2.33. The summed E-state index contributed by atoms with van der Waals surface area (Å²) in [5.74, 6) is 0.819. The first-order chi connectivity index (χ1) is 12.1. The molecule has 3 rings (SSSR count). The Kier molecular flexibility index (Phi) is 6.14. The minimum atomic E-state index is -0.0167. The molecule has 6 heteroatoms. The Morgan fingerprint density at radius 1 is 1.24 bits per heavy atom. The number of hydrogen-bond acceptors (Lipinski definition) is 4. The van der Waals surface area contributed by atoms with E-state index in [-0.39, 0.29) is 5.91 Å². The summed E-state index contributed by atoms with van der Waals surface area (Å²) in [6.07, 6.45) is 1.89. The fourth-order valence-corrected chi connectivity index (χ4v) is 4.46. The third-order valence-electron chi connectivity index (χ3n) is 3.68. The summed E-state index contributed by atoms with van der Waals surface area (Å²) < 4.78 is 7.52. The van der Waals surface area contributed by atoms with Gasteiger partial charge < -0.3 is 4.74 Å². The number of hydrogen-bond donors (Lipinski definition) is 0. The topological polar surface area (TPSA) is 29.5 Å². The number of amides is 1. The number of benzene rings is 2. The van der Waals surface area contributed by atoms with Gasteiger partial charge in [0.25, 0.3) is 5.91 Å². The highest BCUT2D eigenvalue weighted by molar-refractivity contribution is 14.1. The van der Waals surface area contributed by atoms with Crippen molar-refractivity contribution >= 4 is 62.9 Å². The predicted octanol–water partition coefficient (Wildman–Crippen LogP) is 5.09. The molecule has 0 unspecified atom stereocenters. The number of rotatable bonds is 5. The van der Waals surface area contributed by atoms with Crippen LogP contribution in [0.15, 0.2) is 53.4 Å². The second kappa shape index (κ2) is 8.33. The molecule has 25 heavy (non-hydrogen) atoms. The van der Waals surface area contributed by atoms with Crippen LogP contribution in [0.4, 0.5) is 0 Å². The van der Waals surface area contributed by atoms with Gasteiger partial charge in [0.1, 0.15) is 16.7 Å². The van der Waals surface area contributed by atoms with E-state index in [4.69, 9.17) is 17.0 Å². The Bertz CT molecular complexity index is 837. The van der Waals surface area contributed by atoms with E-state index in [0.717, 1.165) is 20.4 Å². The van der Waals surface area contributed by atoms with Gasteiger partial charge in [0.05, 0.1) is 8.48 Å². The number of halogens is 1. The molecule has 1 saturated heterocycles. The van der Waals surface area contributed by atoms with E-state index in [0.29, 0.717) is 22.4 Å². The molecule has 3 nitrogen and oxygen atoms in total. The van der Waals surface area contributed by atoms with Gasteiger partial charge in [-0.2, -0.15) is 0 Å². The Morgan fingerprint density at radius 3 is 2.64 bits per heavy atom. The lowest BCUT2D eigenvalue weighted by molar-refractivity contribution is -0.121. The van der Waals surface area contributed by atoms with Crippen molar-refractivity contribution in [1.29, 1.82) is 0 Å². The van der Waals surface area contributed by atoms with Gasteiger partial charge in [-0.3, -0.25) is 9.69 Å². The van der Waals surface area contributed by atoms with Crippen LogP contribution in [0.2, 0.25) is 0 Å². The molecule has 0 spiro atoms. The van der Waals surface area contributed by atoms with E-state index in [9.17, 15) is 4.79 Å². The van der Waals surface area contributed by atoms with E-state index in [2.05, 4.69) is 22.6 Å². The van der Waals surface area contributed by atoms with Crippen LogP contribution in [0.5, 0.6) is 5.75 Å². The van der Waals surface area contributed by atoms with Crippen molar-refractivity contribution in [1.82, 2.24) is 4.90 Å². The monoisotopic (exact) mass is 481 g/mol. The molecule has 0 aliphatic carbocycles. The molecule has 2 aromatic rings. The maximum absolute atomic E-state index is 12.3. The van der Waals surface area contributed by atoms with E-state index in [1.807, 2.05) is 61.5 Å². The molecule has 0 N–H and O–H groups in total. The van der Waals surface area contributed by atoms with Crippen molar-refractivity contribution in [3.8, 4) is 5.75 Å². The first-order valence-corrected chi connectivity index (χ1v) is 10.1. The average molecular weight is 481 g/mol. The number of ether oxygens (including phenoxy) is 1. The van der Waals surface area contributed by atoms with Crippen LogP contribution in [0.25, 0.3) is 6.08 Å². The van der Waals surface area contributed by atoms with Gasteiger partial charge in [0.15, 0.2) is 0 Å². The Morgan fingerprint density at radius 2 is 2.00 bits per heavy atom. The van der Waals surface area contributed by atoms with Crippen LogP contribution >= 0.6 is 46.6 Å². The number of nitrogens with zero attached hydrogens (tertiary/aromatic N) is 1. The minimum absolute atomic E-state index is 0.0167. The van der Waals surface area contributed by atoms with Gasteiger partial charge in [-0.1, -0.05) is 60.4 Å². The zero-order valence-electron chi connectivity index (χ0n) is 13.6. The Labute approximate surface area is 170 Å². The average Bonchev–Trinajstić information content (AvgIpc) is 2.88. The minimum Gasteiger partial charge on any atom is -0.488 e. The zero-order chi connectivity index (χ0) is 17.8. The SMILES string of the molecule is CCN1C(=O)/C(=C/c2ccc(OCc3ccccc3)c(I)c2)SC1=S. The summed E-state index contributed by atoms with van der Waals surface area (Å²) in [5, 5.41) is 0. The molecule has 1 aliphatic heterocycles. The third-order valence-corrected chi connectivity index (χ3v) is 5.90. The largest absolute Gasteiger partial charge is 0.488 e. The fraction of sp³-hybridized carbons (Fsp3) is 0.158. The van der Waals surface area contributed by atoms with Crippen molar-refractivity contribution in [2.45, 2.75) is 13.5 Å². The zero-order valence-corrected chi connectivity index (χ0v) is 17.4. The summed E-state index contributed by atoms with van der Waals surface area (Å²) in [6.45, 7) is 3.06. The van der Waals surface area contributed by atoms with Gasteiger partial charge in [-0.25, -0.2) is 0 Å². The highest BCUT2D eigenvalue weighted by atomic mass is 127. The lowest BCUT2D eigenvalue weighted by Gasteiger charge is -2.10. The summed E-state index contributed by atoms with van der Waals surface area (Å²) >= 11 is 8.85. The molecule has 0 bridgehead atoms. The lowest BCUT2D eigenvalue weighted by atomic mass is 10.2. The van der Waals surface area contributed by atoms with Crippen LogP contribution in [0, 0.1) is 3.57 Å². The van der Waals surface area contributed by atoms with Crippen LogP contribution in [0.3, 0.4) is 0 Å². The van der Waals surface area contributed by atoms with Gasteiger partial charge in [-0.15, -0.1) is 0 Å². The molecule has 2 aromatic carbocycles. The Hall–Kier alpha value is -1.38. The smallest absolute Gasteiger partial charge is 0.266 e. The summed E-state index contributed by atoms with van der Waals surface area (Å²) in [7, 11) is 0. The molecule has 1 amide bonds. The second-order valence-electron chi connectivity index (χ2n) is 5.39. The lowest BCUT2D eigenvalue weighted by Crippen LogP contribution is -2.27. The molecular formula is C19H16INO2S2. The number of likely N-dealkylation sites (N-methyl/N-ethyl adjacent to an activating group) is 1. The highest BCUT2D eigenvalue weighted by Gasteiger charge is 2.30. The number of carbonyl (C=O) groups is 1. The van der Waals surface area contributed by atoms with Crippen LogP contribution in [-0.4, -0.2) is 21.7 Å². The number of thioether (sulfide) groups is 1. The second-order valence-corrected chi connectivity index (χ2v) is 8.23. The molecule has 1 heterocycles. The van der Waals surface area contributed by atoms with E-state index < -0.39 is 0 Å². The van der Waals surface area contributed by atoms with Crippen molar-refractivity contribution in [3.63, 3.8) is 0 Å². The normalized spacial score (nSPS) is 15.9. The fourth-order valence-electron chi connectivity index (χ4n) is 2.38. The van der Waals surface area contributed by atoms with Gasteiger partial charge in [-0.05, 0) is 58.9 Å². The van der Waals surface area contributed by atoms with Crippen molar-refractivity contribution in [3.05, 3.63) is 68.1 Å². The van der Waals surface area contributed by atoms with Gasteiger partial charge in [0.2, 0.25) is 0 Å². The van der Waals surface area contributed by atoms with Gasteiger partial charge >= 0.3 is 0 Å². The maximum Gasteiger partial charge on any atom is 0.266 e. The molecule has 1 fully saturated rings. The van der Waals surface area contributed by atoms with Crippen LogP contribution < -0.4 is 4.74 Å². The Balaban J connectivity index is 1.73. The predicted molar refractivity (Wildman–Crippen MR) is 115 cm³/mol. The molecule has 0 saturated carbocycles. The van der Waals surface area contributed by atoms with E-state index >= 15 is 0 Å². The standard InChI is InChI=1S/C19H16INO2S2/c1-2-21-18(22)17(25-19(21)24)11-14-8-9-16(15(20)10-14)23-12-13-6-4-3-5-7-13/h3-11H,2,12H2,1H3/b17-11-. The molecule has 0 radical (unpaired) electrons. The van der Waals surface area contributed by atoms with E-state index in [1.165, 1.54) is 11.8 Å². The van der Waals surface area contributed by atoms with Crippen LogP contribution in [0.1, 0.15) is 18.1 Å². The third kappa shape index (κ3) is 4.43. The quantitative estimate of drug-likeness (QED) is 0.338. The number of carbonyl (C=O) groups excluding carboxylic acids is 1. The van der Waals surface area contributed by atoms with Crippen LogP contribution in [-0.2, 0) is 11.4 Å². The number of thiocarbonyl (C=S) groups is 1. The summed E-state index contributed by atoms with van der Waals surface area (Å²) in [6, 6.07) is 16.0. The van der Waals surface area contributed by atoms with Crippen molar-refractivity contribution < 1.29 is 9.53 Å². The summed E-state index contributed by atoms with van der Waals surface area (Å²) in [4.78, 5) is 14.6. The first-order valence-electron chi connectivity index (χ1n) is 7.80. The molecular weight excluding hydrogens is 465 g/mol. The van der Waals surface area contributed by atoms with E-state index in [1.54, 1.807) is 4.90 Å². The molecule has 1 aliphatic rings. The molecule has 0 aromatic heterocycles.